The van der Waals surface area contributed by atoms with Crippen molar-refractivity contribution in [2.24, 2.45) is 0 Å². The molecule has 1 rings (SSSR count). The fourth-order valence-corrected chi connectivity index (χ4v) is 3.77. The van der Waals surface area contributed by atoms with E-state index in [9.17, 15) is 14.3 Å². The Morgan fingerprint density at radius 1 is 1.50 bits per heavy atom. The van der Waals surface area contributed by atoms with E-state index in [0.29, 0.717) is 6.54 Å². The molecule has 1 saturated heterocycles. The predicted octanol–water partition coefficient (Wildman–Crippen LogP) is 3.45. The molecule has 0 aliphatic carbocycles. The molecule has 0 aromatic rings. The number of likely N-dealkylation sites (tertiary alicyclic amines) is 1. The highest BCUT2D eigenvalue weighted by Gasteiger charge is 2.40. The third kappa shape index (κ3) is 4.63. The molecule has 1 fully saturated rings. The number of halogens is 1. The Balaban J connectivity index is 2.67. The zero-order valence-corrected chi connectivity index (χ0v) is 15.6. The number of nitrogens with zero attached hydrogens (tertiary/aromatic N) is 1. The van der Waals surface area contributed by atoms with Crippen LogP contribution in [0.3, 0.4) is 0 Å². The van der Waals surface area contributed by atoms with Crippen molar-refractivity contribution in [3.8, 4) is 0 Å². The molecule has 0 aromatic carbocycles. The molecule has 4 nitrogen and oxygen atoms in total. The molecule has 0 bridgehead atoms. The number of carbonyl (C=O) groups is 1. The van der Waals surface area contributed by atoms with Crippen molar-refractivity contribution in [2.45, 2.75) is 70.6 Å². The molecule has 0 aromatic heterocycles. The molecule has 0 amide bonds. The van der Waals surface area contributed by atoms with Crippen LogP contribution in [0.2, 0.25) is 18.1 Å². The van der Waals surface area contributed by atoms with Gasteiger partial charge in [-0.2, -0.15) is 0 Å². The van der Waals surface area contributed by atoms with Gasteiger partial charge in [0.2, 0.25) is 0 Å². The highest BCUT2D eigenvalue weighted by atomic mass is 28.4. The van der Waals surface area contributed by atoms with E-state index in [2.05, 4.69) is 40.4 Å². The van der Waals surface area contributed by atoms with Crippen molar-refractivity contribution in [1.29, 1.82) is 0 Å². The summed E-state index contributed by atoms with van der Waals surface area (Å²) in [5.74, 6) is -0.967. The molecule has 3 atom stereocenters. The molecule has 1 heterocycles. The third-order valence-electron chi connectivity index (χ3n) is 4.90. The van der Waals surface area contributed by atoms with Gasteiger partial charge in [0, 0.05) is 19.5 Å². The second kappa shape index (κ2) is 6.80. The summed E-state index contributed by atoms with van der Waals surface area (Å²) in [6, 6.07) is -0.758. The van der Waals surface area contributed by atoms with E-state index < -0.39 is 26.5 Å². The molecular weight excluding hydrogens is 301 g/mol. The zero-order chi connectivity index (χ0) is 17.3. The Labute approximate surface area is 134 Å². The van der Waals surface area contributed by atoms with Crippen LogP contribution in [0.25, 0.3) is 0 Å². The van der Waals surface area contributed by atoms with Gasteiger partial charge in [-0.3, -0.25) is 9.69 Å². The van der Waals surface area contributed by atoms with Crippen LogP contribution in [0.1, 0.15) is 34.1 Å². The number of hydrogen-bond donors (Lipinski definition) is 1. The molecule has 1 aliphatic rings. The van der Waals surface area contributed by atoms with Crippen LogP contribution in [-0.4, -0.2) is 55.7 Å². The molecule has 1 unspecified atom stereocenters. The summed E-state index contributed by atoms with van der Waals surface area (Å²) in [6.07, 6.45) is -1.18. The van der Waals surface area contributed by atoms with Crippen LogP contribution in [0.5, 0.6) is 0 Å². The quantitative estimate of drug-likeness (QED) is 0.598. The number of carboxylic acid groups (broad SMARTS) is 1. The first kappa shape index (κ1) is 19.3. The molecule has 0 saturated carbocycles. The van der Waals surface area contributed by atoms with Crippen molar-refractivity contribution < 1.29 is 18.7 Å². The lowest BCUT2D eigenvalue weighted by atomic mass is 10.1. The van der Waals surface area contributed by atoms with E-state index in [1.807, 2.05) is 6.92 Å². The van der Waals surface area contributed by atoms with E-state index in [1.165, 1.54) is 0 Å². The van der Waals surface area contributed by atoms with E-state index in [0.717, 1.165) is 5.57 Å². The van der Waals surface area contributed by atoms with Gasteiger partial charge in [-0.15, -0.1) is 0 Å². The molecule has 1 aliphatic heterocycles. The smallest absolute Gasteiger partial charge is 0.321 e. The van der Waals surface area contributed by atoms with Crippen molar-refractivity contribution in [3.05, 3.63) is 12.2 Å². The molecule has 22 heavy (non-hydrogen) atoms. The summed E-state index contributed by atoms with van der Waals surface area (Å²) in [4.78, 5) is 12.9. The van der Waals surface area contributed by atoms with Gasteiger partial charge in [-0.1, -0.05) is 27.4 Å². The lowest BCUT2D eigenvalue weighted by molar-refractivity contribution is -0.142. The van der Waals surface area contributed by atoms with Crippen molar-refractivity contribution in [2.75, 3.05) is 13.1 Å². The minimum atomic E-state index is -1.91. The SMILES string of the molecule is C=C(CN1C[C@H](F)C[C@H]1C(=O)O)C(C)O[Si](C)(C)C(C)(C)C. The fourth-order valence-electron chi connectivity index (χ4n) is 2.37. The van der Waals surface area contributed by atoms with E-state index in [-0.39, 0.29) is 24.1 Å². The number of alkyl halides is 1. The maximum absolute atomic E-state index is 13.5. The minimum Gasteiger partial charge on any atom is -0.480 e. The van der Waals surface area contributed by atoms with Crippen LogP contribution >= 0.6 is 0 Å². The van der Waals surface area contributed by atoms with Crippen LogP contribution in [0, 0.1) is 0 Å². The van der Waals surface area contributed by atoms with Gasteiger partial charge in [0.25, 0.3) is 0 Å². The highest BCUT2D eigenvalue weighted by Crippen LogP contribution is 2.38. The number of carboxylic acids is 1. The van der Waals surface area contributed by atoms with Gasteiger partial charge in [-0.25, -0.2) is 4.39 Å². The van der Waals surface area contributed by atoms with Gasteiger partial charge < -0.3 is 9.53 Å². The summed E-state index contributed by atoms with van der Waals surface area (Å²) in [6.45, 7) is 17.4. The first-order chi connectivity index (χ1) is 9.85. The van der Waals surface area contributed by atoms with Crippen LogP contribution in [0.15, 0.2) is 12.2 Å². The first-order valence-corrected chi connectivity index (χ1v) is 10.7. The summed E-state index contributed by atoms with van der Waals surface area (Å²) in [5, 5.41) is 9.28. The van der Waals surface area contributed by atoms with E-state index in [1.54, 1.807) is 4.90 Å². The molecule has 1 N–H and O–H groups in total. The summed E-state index contributed by atoms with van der Waals surface area (Å²) in [7, 11) is -1.91. The third-order valence-corrected chi connectivity index (χ3v) is 9.45. The van der Waals surface area contributed by atoms with Crippen LogP contribution in [-0.2, 0) is 9.22 Å². The first-order valence-electron chi connectivity index (χ1n) is 7.81. The average Bonchev–Trinajstić information content (AvgIpc) is 2.68. The Morgan fingerprint density at radius 2 is 2.05 bits per heavy atom. The number of hydrogen-bond acceptors (Lipinski definition) is 3. The second-order valence-electron chi connectivity index (χ2n) is 7.80. The van der Waals surface area contributed by atoms with Gasteiger partial charge in [0.1, 0.15) is 12.2 Å². The number of rotatable bonds is 6. The normalized spacial score (nSPS) is 25.2. The van der Waals surface area contributed by atoms with Gasteiger partial charge in [0.05, 0.1) is 6.10 Å². The standard InChI is InChI=1S/C16H30FNO3Si/c1-11(12(2)21-22(6,7)16(3,4)5)9-18-10-13(17)8-14(18)15(19)20/h12-14H,1,8-10H2,2-7H3,(H,19,20)/t12?,13-,14+/m1/s1. The van der Waals surface area contributed by atoms with E-state index in [4.69, 9.17) is 4.43 Å². The second-order valence-corrected chi connectivity index (χ2v) is 12.6. The van der Waals surface area contributed by atoms with Crippen molar-refractivity contribution in [3.63, 3.8) is 0 Å². The maximum atomic E-state index is 13.5. The monoisotopic (exact) mass is 331 g/mol. The lowest BCUT2D eigenvalue weighted by Crippen LogP contribution is -2.45. The molecule has 6 heteroatoms. The molecule has 128 valence electrons. The Bertz CT molecular complexity index is 434. The van der Waals surface area contributed by atoms with Gasteiger partial charge >= 0.3 is 5.97 Å². The average molecular weight is 332 g/mol. The molecular formula is C16H30FNO3Si. The summed E-state index contributed by atoms with van der Waals surface area (Å²) < 4.78 is 19.8. The highest BCUT2D eigenvalue weighted by molar-refractivity contribution is 6.74. The van der Waals surface area contributed by atoms with Crippen molar-refractivity contribution in [1.82, 2.24) is 4.90 Å². The van der Waals surface area contributed by atoms with Crippen LogP contribution < -0.4 is 0 Å². The summed E-state index contributed by atoms with van der Waals surface area (Å²) >= 11 is 0. The fraction of sp³-hybridized carbons (Fsp3) is 0.812. The topological polar surface area (TPSA) is 49.8 Å². The molecule has 0 radical (unpaired) electrons. The van der Waals surface area contributed by atoms with E-state index >= 15 is 0 Å². The molecule has 0 spiro atoms. The van der Waals surface area contributed by atoms with Gasteiger partial charge in [-0.05, 0) is 30.6 Å². The van der Waals surface area contributed by atoms with Gasteiger partial charge in [0.15, 0.2) is 8.32 Å². The maximum Gasteiger partial charge on any atom is 0.321 e. The van der Waals surface area contributed by atoms with Crippen LogP contribution in [0.4, 0.5) is 4.39 Å². The zero-order valence-electron chi connectivity index (χ0n) is 14.6. The Hall–Kier alpha value is -0.723. The lowest BCUT2D eigenvalue weighted by Gasteiger charge is -2.39. The Kier molecular flexibility index (Phi) is 5.98. The largest absolute Gasteiger partial charge is 0.480 e. The minimum absolute atomic E-state index is 0.0556. The number of aliphatic carboxylic acids is 1. The Morgan fingerprint density at radius 3 is 2.50 bits per heavy atom. The summed E-state index contributed by atoms with van der Waals surface area (Å²) in [5.41, 5.74) is 0.810. The van der Waals surface area contributed by atoms with Crippen molar-refractivity contribution >= 4 is 14.3 Å². The predicted molar refractivity (Wildman–Crippen MR) is 89.4 cm³/mol.